The fourth-order valence-corrected chi connectivity index (χ4v) is 3.05. The molecule has 0 saturated heterocycles. The van der Waals surface area contributed by atoms with Gasteiger partial charge in [0, 0.05) is 5.39 Å². The van der Waals surface area contributed by atoms with Crippen LogP contribution in [0.5, 0.6) is 5.75 Å². The Labute approximate surface area is 162 Å². The average molecular weight is 412 g/mol. The maximum Gasteiger partial charge on any atom is 0.418 e. The van der Waals surface area contributed by atoms with Gasteiger partial charge in [0.2, 0.25) is 5.75 Å². The molecule has 1 aromatic heterocycles. The van der Waals surface area contributed by atoms with Crippen LogP contribution in [0.4, 0.5) is 13.2 Å². The number of benzene rings is 2. The zero-order chi connectivity index (χ0) is 20.5. The van der Waals surface area contributed by atoms with Crippen LogP contribution in [0.3, 0.4) is 0 Å². The summed E-state index contributed by atoms with van der Waals surface area (Å²) < 4.78 is 50.7. The fourth-order valence-electron chi connectivity index (χ4n) is 2.78. The number of fused-ring (bicyclic) bond motifs is 1. The van der Waals surface area contributed by atoms with Crippen LogP contribution in [-0.4, -0.2) is 13.1 Å². The van der Waals surface area contributed by atoms with E-state index in [0.717, 1.165) is 13.2 Å². The standard InChI is InChI=1S/C19H13ClF3NO4/c1-27-18(25)16-17(28-10-11-5-3-2-4-6-11)12-7-8-14(20)15(19(21,22)23)13(12)9-24(16)26/h2-9H,10H2,1H3. The molecule has 0 aliphatic heterocycles. The van der Waals surface area contributed by atoms with Gasteiger partial charge in [-0.05, 0) is 17.7 Å². The molecule has 3 rings (SSSR count). The quantitative estimate of drug-likeness (QED) is 0.360. The Morgan fingerprint density at radius 2 is 1.82 bits per heavy atom. The first-order valence-corrected chi connectivity index (χ1v) is 8.32. The number of esters is 1. The molecule has 146 valence electrons. The smallest absolute Gasteiger partial charge is 0.418 e. The maximum atomic E-state index is 13.5. The Morgan fingerprint density at radius 3 is 2.43 bits per heavy atom. The van der Waals surface area contributed by atoms with Gasteiger partial charge in [-0.1, -0.05) is 41.9 Å². The molecule has 1 heterocycles. The van der Waals surface area contributed by atoms with Crippen LogP contribution in [0.1, 0.15) is 21.6 Å². The molecule has 0 atom stereocenters. The third-order valence-electron chi connectivity index (χ3n) is 4.01. The van der Waals surface area contributed by atoms with E-state index < -0.39 is 33.8 Å². The summed E-state index contributed by atoms with van der Waals surface area (Å²) in [5.41, 5.74) is -1.05. The first-order chi connectivity index (χ1) is 13.2. The lowest BCUT2D eigenvalue weighted by molar-refractivity contribution is -0.607. The summed E-state index contributed by atoms with van der Waals surface area (Å²) in [6.07, 6.45) is -4.17. The second-order valence-corrected chi connectivity index (χ2v) is 6.19. The minimum Gasteiger partial charge on any atom is -0.618 e. The molecule has 0 radical (unpaired) electrons. The number of carbonyl (C=O) groups is 1. The number of pyridine rings is 1. The van der Waals surface area contributed by atoms with Crippen LogP contribution in [0.2, 0.25) is 5.02 Å². The summed E-state index contributed by atoms with van der Waals surface area (Å²) in [5, 5.41) is 11.2. The lowest BCUT2D eigenvalue weighted by Crippen LogP contribution is -2.36. The summed E-state index contributed by atoms with van der Waals surface area (Å²) in [6, 6.07) is 11.0. The topological polar surface area (TPSA) is 62.5 Å². The Hall–Kier alpha value is -3.00. The summed E-state index contributed by atoms with van der Waals surface area (Å²) in [5.74, 6) is -1.35. The van der Waals surface area contributed by atoms with Crippen LogP contribution in [0, 0.1) is 5.21 Å². The Kier molecular flexibility index (Phi) is 5.33. The minimum absolute atomic E-state index is 0.0000617. The van der Waals surface area contributed by atoms with E-state index in [2.05, 4.69) is 4.74 Å². The Morgan fingerprint density at radius 1 is 1.14 bits per heavy atom. The number of hydrogen-bond donors (Lipinski definition) is 0. The zero-order valence-electron chi connectivity index (χ0n) is 14.4. The van der Waals surface area contributed by atoms with E-state index in [0.29, 0.717) is 11.8 Å². The van der Waals surface area contributed by atoms with Crippen molar-refractivity contribution in [1.29, 1.82) is 0 Å². The van der Waals surface area contributed by atoms with Gasteiger partial charge in [-0.15, -0.1) is 0 Å². The van der Waals surface area contributed by atoms with Crippen molar-refractivity contribution in [1.82, 2.24) is 0 Å². The molecular formula is C19H13ClF3NO4. The molecular weight excluding hydrogens is 399 g/mol. The van der Waals surface area contributed by atoms with Gasteiger partial charge in [0.15, 0.2) is 6.20 Å². The molecule has 9 heteroatoms. The van der Waals surface area contributed by atoms with Crippen molar-refractivity contribution in [3.63, 3.8) is 0 Å². The minimum atomic E-state index is -4.81. The van der Waals surface area contributed by atoms with Gasteiger partial charge in [-0.3, -0.25) is 0 Å². The molecule has 0 aliphatic rings. The van der Waals surface area contributed by atoms with Crippen molar-refractivity contribution >= 4 is 28.3 Å². The monoisotopic (exact) mass is 411 g/mol. The SMILES string of the molecule is COC(=O)c1c(OCc2ccccc2)c2ccc(Cl)c(C(F)(F)F)c2c[n+]1[O-]. The predicted octanol–water partition coefficient (Wildman–Crippen LogP) is 4.51. The van der Waals surface area contributed by atoms with Gasteiger partial charge in [0.05, 0.1) is 23.1 Å². The number of methoxy groups -OCH3 is 1. The number of aromatic nitrogens is 1. The number of alkyl halides is 3. The van der Waals surface area contributed by atoms with Gasteiger partial charge >= 0.3 is 17.8 Å². The fraction of sp³-hybridized carbons (Fsp3) is 0.158. The third-order valence-corrected chi connectivity index (χ3v) is 4.32. The largest absolute Gasteiger partial charge is 0.618 e. The van der Waals surface area contributed by atoms with Crippen molar-refractivity contribution in [2.75, 3.05) is 7.11 Å². The lowest BCUT2D eigenvalue weighted by Gasteiger charge is -2.16. The highest BCUT2D eigenvalue weighted by molar-refractivity contribution is 6.32. The average Bonchev–Trinajstić information content (AvgIpc) is 2.64. The maximum absolute atomic E-state index is 13.5. The van der Waals surface area contributed by atoms with Crippen molar-refractivity contribution in [2.45, 2.75) is 12.8 Å². The van der Waals surface area contributed by atoms with Crippen LogP contribution in [0.15, 0.2) is 48.7 Å². The number of carbonyl (C=O) groups excluding carboxylic acids is 1. The molecule has 0 fully saturated rings. The van der Waals surface area contributed by atoms with Crippen LogP contribution < -0.4 is 9.47 Å². The molecule has 2 aromatic carbocycles. The second kappa shape index (κ2) is 7.55. The summed E-state index contributed by atoms with van der Waals surface area (Å²) in [7, 11) is 1.05. The van der Waals surface area contributed by atoms with Gasteiger partial charge in [0.25, 0.3) is 0 Å². The first kappa shape index (κ1) is 19.8. The van der Waals surface area contributed by atoms with E-state index in [1.807, 2.05) is 0 Å². The van der Waals surface area contributed by atoms with E-state index in [9.17, 15) is 23.2 Å². The van der Waals surface area contributed by atoms with Crippen molar-refractivity contribution in [3.8, 4) is 5.75 Å². The lowest BCUT2D eigenvalue weighted by atomic mass is 10.0. The molecule has 3 aromatic rings. The molecule has 0 spiro atoms. The molecule has 0 aliphatic carbocycles. The van der Waals surface area contributed by atoms with E-state index in [4.69, 9.17) is 16.3 Å². The van der Waals surface area contributed by atoms with E-state index in [1.54, 1.807) is 30.3 Å². The van der Waals surface area contributed by atoms with E-state index in [-0.39, 0.29) is 22.5 Å². The summed E-state index contributed by atoms with van der Waals surface area (Å²) in [4.78, 5) is 12.1. The molecule has 0 amide bonds. The number of nitrogens with zero attached hydrogens (tertiary/aromatic N) is 1. The number of ether oxygens (including phenoxy) is 2. The molecule has 0 N–H and O–H groups in total. The number of rotatable bonds is 4. The van der Waals surface area contributed by atoms with Crippen molar-refractivity contribution < 1.29 is 32.2 Å². The predicted molar refractivity (Wildman–Crippen MR) is 95.0 cm³/mol. The number of hydrogen-bond acceptors (Lipinski definition) is 4. The molecule has 0 unspecified atom stereocenters. The van der Waals surface area contributed by atoms with Gasteiger partial charge in [-0.25, -0.2) is 4.79 Å². The van der Waals surface area contributed by atoms with Gasteiger partial charge < -0.3 is 14.7 Å². The highest BCUT2D eigenvalue weighted by Crippen LogP contribution is 2.42. The van der Waals surface area contributed by atoms with Gasteiger partial charge in [-0.2, -0.15) is 17.9 Å². The number of halogens is 4. The molecule has 0 bridgehead atoms. The van der Waals surface area contributed by atoms with Crippen LogP contribution >= 0.6 is 11.6 Å². The van der Waals surface area contributed by atoms with E-state index in [1.165, 1.54) is 6.07 Å². The third kappa shape index (κ3) is 3.68. The summed E-state index contributed by atoms with van der Waals surface area (Å²) in [6.45, 7) is -0.0755. The van der Waals surface area contributed by atoms with Crippen LogP contribution in [0.25, 0.3) is 10.8 Å². The molecule has 28 heavy (non-hydrogen) atoms. The first-order valence-electron chi connectivity index (χ1n) is 7.94. The van der Waals surface area contributed by atoms with E-state index >= 15 is 0 Å². The zero-order valence-corrected chi connectivity index (χ0v) is 15.2. The second-order valence-electron chi connectivity index (χ2n) is 5.78. The van der Waals surface area contributed by atoms with Crippen molar-refractivity contribution in [2.24, 2.45) is 0 Å². The van der Waals surface area contributed by atoms with Crippen LogP contribution in [-0.2, 0) is 17.5 Å². The highest BCUT2D eigenvalue weighted by Gasteiger charge is 2.38. The highest BCUT2D eigenvalue weighted by atomic mass is 35.5. The Bertz CT molecular complexity index is 1040. The Balaban J connectivity index is 2.26. The normalized spacial score (nSPS) is 11.5. The summed E-state index contributed by atoms with van der Waals surface area (Å²) >= 11 is 5.73. The molecule has 0 saturated carbocycles. The molecule has 5 nitrogen and oxygen atoms in total. The van der Waals surface area contributed by atoms with Gasteiger partial charge in [0.1, 0.15) is 6.61 Å². The van der Waals surface area contributed by atoms with Crippen molar-refractivity contribution in [3.05, 3.63) is 75.7 Å².